The smallest absolute Gasteiger partial charge is 0.329 e. The van der Waals surface area contributed by atoms with Gasteiger partial charge in [-0.2, -0.15) is 0 Å². The summed E-state index contributed by atoms with van der Waals surface area (Å²) in [5.41, 5.74) is -0.367. The average Bonchev–Trinajstić information content (AvgIpc) is 1.03. The lowest BCUT2D eigenvalue weighted by Gasteiger charge is -2.36. The van der Waals surface area contributed by atoms with Gasteiger partial charge in [0.05, 0.1) is 51.4 Å². The summed E-state index contributed by atoms with van der Waals surface area (Å²) in [7, 11) is 9.02. The lowest BCUT2D eigenvalue weighted by atomic mass is 9.87. The molecule has 91 heavy (non-hydrogen) atoms. The fourth-order valence-electron chi connectivity index (χ4n) is 11.0. The van der Waals surface area contributed by atoms with Gasteiger partial charge >= 0.3 is 11.9 Å². The minimum atomic E-state index is -1.49. The largest absolute Gasteiger partial charge is 0.496 e. The van der Waals surface area contributed by atoms with E-state index in [2.05, 4.69) is 10.6 Å². The number of methoxy groups -OCH3 is 3. The third-order valence-electron chi connectivity index (χ3n) is 16.8. The number of likely N-dealkylation sites (N-methyl/N-ethyl adjacent to an activating group) is 3. The molecule has 22 nitrogen and oxygen atoms in total. The van der Waals surface area contributed by atoms with Gasteiger partial charge in [-0.25, -0.2) is 4.79 Å². The van der Waals surface area contributed by atoms with Crippen LogP contribution in [0.3, 0.4) is 0 Å². The van der Waals surface area contributed by atoms with E-state index in [4.69, 9.17) is 33.2 Å². The Bertz CT molecular complexity index is 3220. The number of esters is 2. The number of carbonyl (C=O) groups excluding carboxylic acids is 9. The number of Topliss-reactive ketones (excluding diaryl/α,β-unsaturated/α-hetero) is 1. The normalized spacial score (nSPS) is 22.2. The molecule has 0 spiro atoms. The van der Waals surface area contributed by atoms with E-state index in [1.165, 1.54) is 68.9 Å². The predicted molar refractivity (Wildman–Crippen MR) is 341 cm³/mol. The molecule has 2 heterocycles. The van der Waals surface area contributed by atoms with Crippen LogP contribution in [0.5, 0.6) is 23.0 Å². The van der Waals surface area contributed by atoms with Crippen LogP contribution in [-0.2, 0) is 70.2 Å². The van der Waals surface area contributed by atoms with Crippen molar-refractivity contribution in [2.24, 2.45) is 11.3 Å². The molecular weight excluding hydrogens is 1170 g/mol. The standard InChI is InChI=1S/C69H94N6O16/c1-14-15-27-52-63(80)71-51(36-45-29-30-46-23-16-17-24-47(46)35-45)64(81)74(10)54(41-90-68(3,4)5)62(79)70-40-59(76)72(8)33-21-22-44(2)66(83)89-43-69(6,7)61(78)65(82)75-34-19-18-28-53(75)67(84)91-55(48-25-20-26-50(37-48)88-42-60(77)73(52)9)32-31-49-38-57(86-12)58(87-13)39-56(49)85-11/h16-17,20,23-26,29-30,35,37-39,44,51-55H,14-15,18-19,21-22,27-28,31-34,36,40-43H2,1-13H3,(H,70,79)(H,71,80)/t44?,51-,52-,53-,54-,55+/m0/s1. The van der Waals surface area contributed by atoms with Crippen LogP contribution in [0.4, 0.5) is 0 Å². The Morgan fingerprint density at radius 2 is 1.40 bits per heavy atom. The molecular formula is C69H94N6O16. The molecule has 0 saturated carbocycles. The Hall–Kier alpha value is -8.27. The number of ether oxygens (including phenoxy) is 7. The molecule has 4 aromatic rings. The van der Waals surface area contributed by atoms with Gasteiger partial charge in [0.1, 0.15) is 48.4 Å². The molecule has 6 rings (SSSR count). The van der Waals surface area contributed by atoms with Crippen molar-refractivity contribution in [3.05, 3.63) is 95.6 Å². The zero-order valence-corrected chi connectivity index (χ0v) is 55.3. The number of hydrogen-bond donors (Lipinski definition) is 2. The highest BCUT2D eigenvalue weighted by atomic mass is 16.5. The molecule has 1 fully saturated rings. The van der Waals surface area contributed by atoms with Gasteiger partial charge < -0.3 is 63.4 Å². The number of nitrogens with zero attached hydrogens (tertiary/aromatic N) is 4. The third kappa shape index (κ3) is 19.9. The van der Waals surface area contributed by atoms with Crippen LogP contribution >= 0.6 is 0 Å². The molecule has 2 aliphatic heterocycles. The highest BCUT2D eigenvalue weighted by molar-refractivity contribution is 6.38. The van der Waals surface area contributed by atoms with Crippen LogP contribution in [-0.4, -0.2) is 184 Å². The average molecular weight is 1260 g/mol. The van der Waals surface area contributed by atoms with E-state index in [9.17, 15) is 38.4 Å². The Labute approximate surface area is 535 Å². The Balaban J connectivity index is 1.37. The number of unbranched alkanes of at least 4 members (excludes halogenated alkanes) is 1. The molecule has 2 bridgehead atoms. The minimum absolute atomic E-state index is 0.00171. The summed E-state index contributed by atoms with van der Waals surface area (Å²) in [5.74, 6) is -5.19. The molecule has 22 heteroatoms. The molecule has 2 N–H and O–H groups in total. The first kappa shape index (κ1) is 71.8. The maximum absolute atomic E-state index is 15.1. The fourth-order valence-corrected chi connectivity index (χ4v) is 11.0. The summed E-state index contributed by atoms with van der Waals surface area (Å²) in [6.45, 7) is 10.6. The van der Waals surface area contributed by atoms with E-state index < -0.39 is 120 Å². The monoisotopic (exact) mass is 1260 g/mol. The fraction of sp³-hybridized carbons (Fsp3) is 0.551. The highest BCUT2D eigenvalue weighted by Gasteiger charge is 2.43. The van der Waals surface area contributed by atoms with Crippen molar-refractivity contribution in [3.8, 4) is 23.0 Å². The Morgan fingerprint density at radius 3 is 2.09 bits per heavy atom. The summed E-state index contributed by atoms with van der Waals surface area (Å²) in [4.78, 5) is 134. The number of nitrogens with one attached hydrogen (secondary N) is 2. The molecule has 496 valence electrons. The number of fused-ring (bicyclic) bond motifs is 4. The molecule has 1 unspecified atom stereocenters. The van der Waals surface area contributed by atoms with Gasteiger partial charge in [-0.05, 0) is 132 Å². The van der Waals surface area contributed by atoms with Crippen LogP contribution in [0, 0.1) is 11.3 Å². The second kappa shape index (κ2) is 33.2. The van der Waals surface area contributed by atoms with E-state index in [0.29, 0.717) is 66.0 Å². The lowest BCUT2D eigenvalue weighted by molar-refractivity contribution is -0.166. The molecule has 6 amide bonds. The van der Waals surface area contributed by atoms with E-state index in [-0.39, 0.29) is 64.0 Å². The second-order valence-electron chi connectivity index (χ2n) is 25.2. The van der Waals surface area contributed by atoms with Gasteiger partial charge in [-0.3, -0.25) is 38.4 Å². The first-order chi connectivity index (χ1) is 43.2. The number of rotatable bonds is 13. The van der Waals surface area contributed by atoms with Crippen LogP contribution in [0.1, 0.15) is 129 Å². The number of amides is 6. The molecule has 0 aromatic heterocycles. The van der Waals surface area contributed by atoms with Crippen molar-refractivity contribution < 1.29 is 76.3 Å². The Morgan fingerprint density at radius 1 is 0.692 bits per heavy atom. The summed E-state index contributed by atoms with van der Waals surface area (Å²) >= 11 is 0. The van der Waals surface area contributed by atoms with Crippen molar-refractivity contribution in [2.45, 2.75) is 155 Å². The van der Waals surface area contributed by atoms with Gasteiger partial charge in [-0.1, -0.05) is 81.3 Å². The number of benzene rings is 4. The first-order valence-corrected chi connectivity index (χ1v) is 31.4. The van der Waals surface area contributed by atoms with Crippen molar-refractivity contribution >= 4 is 63.9 Å². The van der Waals surface area contributed by atoms with Gasteiger partial charge in [-0.15, -0.1) is 0 Å². The molecule has 2 aliphatic rings. The quantitative estimate of drug-likeness (QED) is 0.0978. The summed E-state index contributed by atoms with van der Waals surface area (Å²) in [6, 6.07) is 18.8. The van der Waals surface area contributed by atoms with Gasteiger partial charge in [0.25, 0.3) is 11.8 Å². The molecule has 0 radical (unpaired) electrons. The van der Waals surface area contributed by atoms with Gasteiger partial charge in [0.15, 0.2) is 18.1 Å². The van der Waals surface area contributed by atoms with Crippen molar-refractivity contribution in [2.75, 3.05) is 81.9 Å². The Kier molecular flexibility index (Phi) is 26.2. The van der Waals surface area contributed by atoms with E-state index in [0.717, 1.165) is 10.8 Å². The predicted octanol–water partition coefficient (Wildman–Crippen LogP) is 7.37. The molecule has 0 aliphatic carbocycles. The summed E-state index contributed by atoms with van der Waals surface area (Å²) in [6.07, 6.45) is 2.81. The zero-order chi connectivity index (χ0) is 66.7. The topological polar surface area (TPSA) is 255 Å². The van der Waals surface area contributed by atoms with Crippen LogP contribution < -0.4 is 29.6 Å². The van der Waals surface area contributed by atoms with E-state index in [1.54, 1.807) is 71.1 Å². The van der Waals surface area contributed by atoms with Crippen LogP contribution in [0.25, 0.3) is 10.8 Å². The number of ketones is 1. The van der Waals surface area contributed by atoms with Crippen LogP contribution in [0.15, 0.2) is 78.9 Å². The maximum atomic E-state index is 15.1. The molecule has 4 aromatic carbocycles. The number of piperidine rings is 1. The minimum Gasteiger partial charge on any atom is -0.496 e. The maximum Gasteiger partial charge on any atom is 0.329 e. The second-order valence-corrected chi connectivity index (χ2v) is 25.2. The van der Waals surface area contributed by atoms with Crippen LogP contribution in [0.2, 0.25) is 0 Å². The summed E-state index contributed by atoms with van der Waals surface area (Å²) in [5, 5.41) is 7.53. The number of carbonyl (C=O) groups is 9. The lowest BCUT2D eigenvalue weighted by Crippen LogP contribution is -2.59. The van der Waals surface area contributed by atoms with E-state index in [1.807, 2.05) is 49.4 Å². The van der Waals surface area contributed by atoms with Crippen molar-refractivity contribution in [3.63, 3.8) is 0 Å². The zero-order valence-electron chi connectivity index (χ0n) is 55.3. The number of hydrogen-bond acceptors (Lipinski definition) is 16. The number of cyclic esters (lactones) is 2. The van der Waals surface area contributed by atoms with Gasteiger partial charge in [0.2, 0.25) is 29.4 Å². The van der Waals surface area contributed by atoms with E-state index >= 15 is 4.79 Å². The first-order valence-electron chi connectivity index (χ1n) is 31.4. The highest BCUT2D eigenvalue weighted by Crippen LogP contribution is 2.38. The third-order valence-corrected chi connectivity index (χ3v) is 16.8. The SMILES string of the molecule is CCCC[C@H]1C(=O)N[C@@H](Cc2ccc3ccccc3c2)C(=O)N(C)[C@@H](COC(C)(C)C)C(=O)NCC(=O)N(C)CCCC(C)C(=O)OCC(C)(C)C(=O)C(=O)N2CCCC[C@H]2C(=O)O[C@H](CCc2cc(OC)c(OC)cc2OC)c2cccc(c2)OCC(=O)N1C. The summed E-state index contributed by atoms with van der Waals surface area (Å²) < 4.78 is 41.3. The van der Waals surface area contributed by atoms with Crippen molar-refractivity contribution in [1.82, 2.24) is 30.2 Å². The molecule has 6 atom stereocenters. The molecule has 1 saturated heterocycles. The number of aryl methyl sites for hydroxylation is 1. The van der Waals surface area contributed by atoms with Gasteiger partial charge in [0, 0.05) is 46.7 Å². The van der Waals surface area contributed by atoms with Crippen molar-refractivity contribution in [1.29, 1.82) is 0 Å².